The van der Waals surface area contributed by atoms with Crippen LogP contribution in [-0.4, -0.2) is 29.1 Å². The van der Waals surface area contributed by atoms with Gasteiger partial charge in [0.15, 0.2) is 28.0 Å². The SMILES string of the molecule is NC(N)=NCCOc1cccc2c1Nc1[nH]c(=S)ncc1O2. The number of anilines is 2. The highest BCUT2D eigenvalue weighted by Gasteiger charge is 2.20. The summed E-state index contributed by atoms with van der Waals surface area (Å²) in [5.41, 5.74) is 11.2. The Morgan fingerprint density at radius 1 is 1.36 bits per heavy atom. The van der Waals surface area contributed by atoms with Gasteiger partial charge in [0.05, 0.1) is 12.7 Å². The molecule has 0 spiro atoms. The standard InChI is InChI=1S/C13H14N6O2S/c14-12(15)16-4-5-20-7-2-1-3-8-10(7)18-11-9(21-8)6-17-13(22)19-11/h1-3,6H,4-5H2,(H4,14,15,16)(H2,17,18,19,22). The second-order valence-corrected chi connectivity index (χ2v) is 4.83. The minimum atomic E-state index is 0.0363. The number of benzene rings is 1. The lowest BCUT2D eigenvalue weighted by atomic mass is 10.2. The zero-order valence-electron chi connectivity index (χ0n) is 11.5. The molecule has 1 aliphatic rings. The summed E-state index contributed by atoms with van der Waals surface area (Å²) in [5.74, 6) is 2.50. The number of aromatic nitrogens is 2. The Morgan fingerprint density at radius 3 is 3.05 bits per heavy atom. The van der Waals surface area contributed by atoms with Crippen LogP contribution in [0.25, 0.3) is 0 Å². The Balaban J connectivity index is 1.82. The second kappa shape index (κ2) is 5.90. The summed E-state index contributed by atoms with van der Waals surface area (Å²) in [5, 5.41) is 3.20. The highest BCUT2D eigenvalue weighted by Crippen LogP contribution is 2.44. The number of H-pyrrole nitrogens is 1. The second-order valence-electron chi connectivity index (χ2n) is 4.44. The van der Waals surface area contributed by atoms with Gasteiger partial charge in [-0.2, -0.15) is 0 Å². The van der Waals surface area contributed by atoms with Crippen molar-refractivity contribution in [1.82, 2.24) is 9.97 Å². The van der Waals surface area contributed by atoms with Crippen molar-refractivity contribution >= 4 is 29.7 Å². The minimum absolute atomic E-state index is 0.0363. The Hall–Kier alpha value is -2.81. The van der Waals surface area contributed by atoms with Crippen LogP contribution in [0.5, 0.6) is 17.2 Å². The molecule has 0 unspecified atom stereocenters. The molecule has 0 atom stereocenters. The van der Waals surface area contributed by atoms with Gasteiger partial charge >= 0.3 is 0 Å². The van der Waals surface area contributed by atoms with Gasteiger partial charge < -0.3 is 31.2 Å². The van der Waals surface area contributed by atoms with Crippen molar-refractivity contribution in [3.63, 3.8) is 0 Å². The van der Waals surface area contributed by atoms with Crippen LogP contribution >= 0.6 is 12.2 Å². The van der Waals surface area contributed by atoms with Crippen LogP contribution in [0.3, 0.4) is 0 Å². The quantitative estimate of drug-likeness (QED) is 0.249. The first-order valence-corrected chi connectivity index (χ1v) is 6.90. The number of rotatable bonds is 4. The Labute approximate surface area is 131 Å². The van der Waals surface area contributed by atoms with Crippen LogP contribution in [0, 0.1) is 4.77 Å². The van der Waals surface area contributed by atoms with Crippen LogP contribution in [0.15, 0.2) is 29.4 Å². The molecule has 0 fully saturated rings. The lowest BCUT2D eigenvalue weighted by molar-refractivity contribution is 0.328. The molecule has 0 saturated carbocycles. The highest BCUT2D eigenvalue weighted by molar-refractivity contribution is 7.71. The van der Waals surface area contributed by atoms with E-state index < -0.39 is 0 Å². The average Bonchev–Trinajstić information content (AvgIpc) is 2.49. The molecule has 2 heterocycles. The lowest BCUT2D eigenvalue weighted by Crippen LogP contribution is -2.23. The summed E-state index contributed by atoms with van der Waals surface area (Å²) in [6.45, 7) is 0.713. The third-order valence-corrected chi connectivity index (χ3v) is 3.09. The number of guanidine groups is 1. The maximum absolute atomic E-state index is 5.77. The van der Waals surface area contributed by atoms with E-state index in [2.05, 4.69) is 20.3 Å². The fourth-order valence-electron chi connectivity index (χ4n) is 1.97. The van der Waals surface area contributed by atoms with Gasteiger partial charge in [-0.15, -0.1) is 0 Å². The molecule has 0 saturated heterocycles. The predicted octanol–water partition coefficient (Wildman–Crippen LogP) is 1.64. The van der Waals surface area contributed by atoms with Crippen LogP contribution in [0.1, 0.15) is 0 Å². The highest BCUT2D eigenvalue weighted by atomic mass is 32.1. The zero-order valence-corrected chi connectivity index (χ0v) is 12.3. The summed E-state index contributed by atoms with van der Waals surface area (Å²) in [6.07, 6.45) is 1.57. The minimum Gasteiger partial charge on any atom is -0.489 e. The number of aromatic amines is 1. The number of para-hydroxylation sites is 1. The third kappa shape index (κ3) is 2.93. The fraction of sp³-hybridized carbons (Fsp3) is 0.154. The van der Waals surface area contributed by atoms with Crippen molar-refractivity contribution < 1.29 is 9.47 Å². The molecule has 2 aromatic rings. The van der Waals surface area contributed by atoms with Gasteiger partial charge in [-0.3, -0.25) is 4.99 Å². The number of ether oxygens (including phenoxy) is 2. The number of nitrogens with zero attached hydrogens (tertiary/aromatic N) is 2. The van der Waals surface area contributed by atoms with E-state index in [4.69, 9.17) is 33.2 Å². The molecule has 22 heavy (non-hydrogen) atoms. The van der Waals surface area contributed by atoms with E-state index >= 15 is 0 Å². The summed E-state index contributed by atoms with van der Waals surface area (Å²) in [4.78, 5) is 10.8. The van der Waals surface area contributed by atoms with E-state index in [9.17, 15) is 0 Å². The molecule has 1 aliphatic heterocycles. The van der Waals surface area contributed by atoms with Gasteiger partial charge in [-0.25, -0.2) is 4.98 Å². The van der Waals surface area contributed by atoms with Gasteiger partial charge in [0.1, 0.15) is 18.0 Å². The summed E-state index contributed by atoms with van der Waals surface area (Å²) in [7, 11) is 0. The van der Waals surface area contributed by atoms with Crippen LogP contribution in [0.2, 0.25) is 0 Å². The van der Waals surface area contributed by atoms with E-state index in [0.29, 0.717) is 46.7 Å². The number of fused-ring (bicyclic) bond motifs is 2. The molecule has 0 bridgehead atoms. The third-order valence-electron chi connectivity index (χ3n) is 2.88. The first-order chi connectivity index (χ1) is 10.6. The van der Waals surface area contributed by atoms with E-state index in [1.165, 1.54) is 0 Å². The fourth-order valence-corrected chi connectivity index (χ4v) is 2.12. The van der Waals surface area contributed by atoms with Gasteiger partial charge in [0, 0.05) is 0 Å². The van der Waals surface area contributed by atoms with E-state index in [-0.39, 0.29) is 5.96 Å². The molecule has 1 aromatic carbocycles. The zero-order chi connectivity index (χ0) is 15.5. The molecule has 0 amide bonds. The maximum Gasteiger partial charge on any atom is 0.198 e. The number of nitrogens with two attached hydrogens (primary N) is 2. The molecule has 0 radical (unpaired) electrons. The molecule has 3 rings (SSSR count). The van der Waals surface area contributed by atoms with E-state index in [1.807, 2.05) is 18.2 Å². The van der Waals surface area contributed by atoms with Crippen molar-refractivity contribution in [3.8, 4) is 17.2 Å². The van der Waals surface area contributed by atoms with Crippen molar-refractivity contribution in [2.45, 2.75) is 0 Å². The predicted molar refractivity (Wildman–Crippen MR) is 85.4 cm³/mol. The number of hydrogen-bond acceptors (Lipinski definition) is 6. The average molecular weight is 318 g/mol. The molecular weight excluding hydrogens is 304 g/mol. The summed E-state index contributed by atoms with van der Waals surface area (Å²) in [6, 6.07) is 5.49. The van der Waals surface area contributed by atoms with Gasteiger partial charge in [0.2, 0.25) is 0 Å². The number of aliphatic imine (C=N–C) groups is 1. The molecule has 9 heteroatoms. The Bertz CT molecular complexity index is 784. The topological polar surface area (TPSA) is 124 Å². The molecule has 6 N–H and O–H groups in total. The number of hydrogen-bond donors (Lipinski definition) is 4. The van der Waals surface area contributed by atoms with Crippen LogP contribution in [-0.2, 0) is 0 Å². The smallest absolute Gasteiger partial charge is 0.198 e. The molecule has 0 aliphatic carbocycles. The Morgan fingerprint density at radius 2 is 2.23 bits per heavy atom. The molecule has 114 valence electrons. The molecule has 8 nitrogen and oxygen atoms in total. The van der Waals surface area contributed by atoms with Crippen molar-refractivity contribution in [2.24, 2.45) is 16.5 Å². The van der Waals surface area contributed by atoms with Crippen molar-refractivity contribution in [1.29, 1.82) is 0 Å². The van der Waals surface area contributed by atoms with Crippen molar-refractivity contribution in [2.75, 3.05) is 18.5 Å². The monoisotopic (exact) mass is 318 g/mol. The van der Waals surface area contributed by atoms with Crippen molar-refractivity contribution in [3.05, 3.63) is 29.2 Å². The van der Waals surface area contributed by atoms with Gasteiger partial charge in [-0.05, 0) is 24.4 Å². The van der Waals surface area contributed by atoms with Crippen LogP contribution < -0.4 is 26.3 Å². The first-order valence-electron chi connectivity index (χ1n) is 6.49. The van der Waals surface area contributed by atoms with Gasteiger partial charge in [-0.1, -0.05) is 6.07 Å². The summed E-state index contributed by atoms with van der Waals surface area (Å²) >= 11 is 5.01. The molecular formula is C13H14N6O2S. The van der Waals surface area contributed by atoms with E-state index in [0.717, 1.165) is 0 Å². The number of nitrogens with one attached hydrogen (secondary N) is 2. The largest absolute Gasteiger partial charge is 0.489 e. The normalized spacial score (nSPS) is 11.5. The lowest BCUT2D eigenvalue weighted by Gasteiger charge is -2.22. The maximum atomic E-state index is 5.77. The summed E-state index contributed by atoms with van der Waals surface area (Å²) < 4.78 is 11.8. The first kappa shape index (κ1) is 14.1. The molecule has 1 aromatic heterocycles. The van der Waals surface area contributed by atoms with Gasteiger partial charge in [0.25, 0.3) is 0 Å². The van der Waals surface area contributed by atoms with Crippen LogP contribution in [0.4, 0.5) is 11.5 Å². The van der Waals surface area contributed by atoms with E-state index in [1.54, 1.807) is 6.20 Å². The Kier molecular flexibility index (Phi) is 3.79.